The SMILES string of the molecule is CC(O)(C[Si](C)(C)C)c1ccn(S(=O)(=O)c2ccccc2)c1. The van der Waals surface area contributed by atoms with E-state index in [9.17, 15) is 13.5 Å². The number of nitrogens with zero attached hydrogens (tertiary/aromatic N) is 1. The van der Waals surface area contributed by atoms with Crippen LogP contribution < -0.4 is 0 Å². The lowest BCUT2D eigenvalue weighted by molar-refractivity contribution is 0.0771. The highest BCUT2D eigenvalue weighted by atomic mass is 32.2. The van der Waals surface area contributed by atoms with Crippen molar-refractivity contribution in [3.05, 3.63) is 54.4 Å². The van der Waals surface area contributed by atoms with Gasteiger partial charge in [0.25, 0.3) is 10.0 Å². The van der Waals surface area contributed by atoms with Gasteiger partial charge in [0.1, 0.15) is 0 Å². The third-order valence-electron chi connectivity index (χ3n) is 3.48. The standard InChI is InChI=1S/C16H23NO3SSi/c1-16(18,13-22(2,3)4)14-10-11-17(12-14)21(19,20)15-8-6-5-7-9-15/h5-12,18H,13H2,1-4H3. The fourth-order valence-electron chi connectivity index (χ4n) is 2.69. The van der Waals surface area contributed by atoms with Crippen molar-refractivity contribution in [2.24, 2.45) is 0 Å². The maximum absolute atomic E-state index is 12.5. The van der Waals surface area contributed by atoms with E-state index >= 15 is 0 Å². The molecule has 0 aliphatic heterocycles. The minimum absolute atomic E-state index is 0.238. The number of hydrogen-bond donors (Lipinski definition) is 1. The second-order valence-corrected chi connectivity index (χ2v) is 14.4. The molecule has 2 rings (SSSR count). The van der Waals surface area contributed by atoms with Gasteiger partial charge < -0.3 is 5.11 Å². The molecule has 0 saturated heterocycles. The van der Waals surface area contributed by atoms with Crippen molar-refractivity contribution in [2.45, 2.75) is 43.1 Å². The van der Waals surface area contributed by atoms with Crippen LogP contribution in [0, 0.1) is 0 Å². The molecule has 4 nitrogen and oxygen atoms in total. The topological polar surface area (TPSA) is 59.3 Å². The molecule has 1 aromatic carbocycles. The van der Waals surface area contributed by atoms with Crippen LogP contribution in [-0.2, 0) is 15.6 Å². The van der Waals surface area contributed by atoms with Gasteiger partial charge in [0.2, 0.25) is 0 Å². The Morgan fingerprint density at radius 2 is 1.73 bits per heavy atom. The molecule has 0 fully saturated rings. The summed E-state index contributed by atoms with van der Waals surface area (Å²) in [5.74, 6) is 0. The van der Waals surface area contributed by atoms with E-state index < -0.39 is 23.7 Å². The first-order valence-electron chi connectivity index (χ1n) is 7.24. The maximum Gasteiger partial charge on any atom is 0.267 e. The van der Waals surface area contributed by atoms with Gasteiger partial charge >= 0.3 is 0 Å². The normalized spacial score (nSPS) is 15.5. The van der Waals surface area contributed by atoms with E-state index in [0.717, 1.165) is 0 Å². The van der Waals surface area contributed by atoms with Gasteiger partial charge in [-0.2, -0.15) is 0 Å². The van der Waals surface area contributed by atoms with Gasteiger partial charge in [-0.25, -0.2) is 12.4 Å². The van der Waals surface area contributed by atoms with Gasteiger partial charge in [0.15, 0.2) is 0 Å². The van der Waals surface area contributed by atoms with Crippen molar-refractivity contribution < 1.29 is 13.5 Å². The Balaban J connectivity index is 2.36. The van der Waals surface area contributed by atoms with Crippen LogP contribution in [0.15, 0.2) is 53.7 Å². The van der Waals surface area contributed by atoms with Crippen molar-refractivity contribution in [1.29, 1.82) is 0 Å². The summed E-state index contributed by atoms with van der Waals surface area (Å²) in [6, 6.07) is 10.6. The summed E-state index contributed by atoms with van der Waals surface area (Å²) >= 11 is 0. The number of benzene rings is 1. The van der Waals surface area contributed by atoms with Crippen LogP contribution in [0.2, 0.25) is 25.7 Å². The molecule has 120 valence electrons. The monoisotopic (exact) mass is 337 g/mol. The number of hydrogen-bond acceptors (Lipinski definition) is 3. The molecule has 0 aliphatic rings. The lowest BCUT2D eigenvalue weighted by Crippen LogP contribution is -2.33. The van der Waals surface area contributed by atoms with Crippen LogP contribution in [-0.4, -0.2) is 25.6 Å². The number of rotatable bonds is 5. The fourth-order valence-corrected chi connectivity index (χ4v) is 6.18. The number of aliphatic hydroxyl groups is 1. The van der Waals surface area contributed by atoms with Crippen molar-refractivity contribution in [3.8, 4) is 0 Å². The predicted molar refractivity (Wildman–Crippen MR) is 91.2 cm³/mol. The van der Waals surface area contributed by atoms with Crippen molar-refractivity contribution in [2.75, 3.05) is 0 Å². The Hall–Kier alpha value is -1.37. The molecule has 1 aromatic heterocycles. The quantitative estimate of drug-likeness (QED) is 0.852. The Kier molecular flexibility index (Phi) is 4.39. The van der Waals surface area contributed by atoms with Gasteiger partial charge in [0, 0.05) is 26.0 Å². The Morgan fingerprint density at radius 3 is 2.27 bits per heavy atom. The van der Waals surface area contributed by atoms with E-state index in [1.165, 1.54) is 16.4 Å². The van der Waals surface area contributed by atoms with Crippen molar-refractivity contribution in [1.82, 2.24) is 3.97 Å². The minimum Gasteiger partial charge on any atom is -0.386 e. The highest BCUT2D eigenvalue weighted by Crippen LogP contribution is 2.31. The summed E-state index contributed by atoms with van der Waals surface area (Å²) in [6.07, 6.45) is 3.01. The molecule has 22 heavy (non-hydrogen) atoms. The predicted octanol–water partition coefficient (Wildman–Crippen LogP) is 3.27. The van der Waals surface area contributed by atoms with Crippen LogP contribution in [0.1, 0.15) is 12.5 Å². The molecule has 0 amide bonds. The molecular formula is C16H23NO3SSi. The van der Waals surface area contributed by atoms with Crippen molar-refractivity contribution in [3.63, 3.8) is 0 Å². The summed E-state index contributed by atoms with van der Waals surface area (Å²) in [5.41, 5.74) is -0.378. The van der Waals surface area contributed by atoms with Gasteiger partial charge in [0.05, 0.1) is 10.5 Å². The summed E-state index contributed by atoms with van der Waals surface area (Å²) in [6.45, 7) is 8.29. The first-order chi connectivity index (χ1) is 10.0. The third kappa shape index (κ3) is 3.69. The zero-order chi connectivity index (χ0) is 16.6. The minimum atomic E-state index is -3.61. The molecule has 2 aromatic rings. The molecule has 1 unspecified atom stereocenters. The number of aromatic nitrogens is 1. The first-order valence-corrected chi connectivity index (χ1v) is 12.4. The van der Waals surface area contributed by atoms with E-state index in [1.807, 2.05) is 0 Å². The van der Waals surface area contributed by atoms with E-state index in [1.54, 1.807) is 43.3 Å². The van der Waals surface area contributed by atoms with Crippen molar-refractivity contribution >= 4 is 18.1 Å². The Labute approximate surface area is 133 Å². The third-order valence-corrected chi connectivity index (χ3v) is 6.88. The zero-order valence-electron chi connectivity index (χ0n) is 13.4. The average Bonchev–Trinajstić information content (AvgIpc) is 2.88. The smallest absolute Gasteiger partial charge is 0.267 e. The maximum atomic E-state index is 12.5. The fraction of sp³-hybridized carbons (Fsp3) is 0.375. The summed E-state index contributed by atoms with van der Waals surface area (Å²) in [5, 5.41) is 10.7. The van der Waals surface area contributed by atoms with E-state index in [2.05, 4.69) is 19.6 Å². The van der Waals surface area contributed by atoms with Gasteiger partial charge in [-0.1, -0.05) is 37.8 Å². The molecule has 0 aliphatic carbocycles. The first kappa shape index (κ1) is 17.0. The van der Waals surface area contributed by atoms with Gasteiger partial charge in [-0.05, 0) is 31.2 Å². The van der Waals surface area contributed by atoms with Gasteiger partial charge in [-0.3, -0.25) is 0 Å². The van der Waals surface area contributed by atoms with Crippen LogP contribution in [0.3, 0.4) is 0 Å². The molecular weight excluding hydrogens is 314 g/mol. The second kappa shape index (κ2) is 5.68. The lowest BCUT2D eigenvalue weighted by Gasteiger charge is -2.29. The molecule has 1 N–H and O–H groups in total. The van der Waals surface area contributed by atoms with E-state index in [4.69, 9.17) is 0 Å². The van der Waals surface area contributed by atoms with E-state index in [0.29, 0.717) is 11.6 Å². The van der Waals surface area contributed by atoms with Crippen LogP contribution in [0.5, 0.6) is 0 Å². The molecule has 0 radical (unpaired) electrons. The van der Waals surface area contributed by atoms with Gasteiger partial charge in [-0.15, -0.1) is 0 Å². The van der Waals surface area contributed by atoms with E-state index in [-0.39, 0.29) is 4.90 Å². The van der Waals surface area contributed by atoms with Crippen LogP contribution in [0.25, 0.3) is 0 Å². The largest absolute Gasteiger partial charge is 0.386 e. The summed E-state index contributed by atoms with van der Waals surface area (Å²) in [4.78, 5) is 0.238. The summed E-state index contributed by atoms with van der Waals surface area (Å²) in [7, 11) is -5.09. The molecule has 0 bridgehead atoms. The highest BCUT2D eigenvalue weighted by Gasteiger charge is 2.32. The summed E-state index contributed by atoms with van der Waals surface area (Å²) < 4.78 is 26.3. The average molecular weight is 338 g/mol. The Bertz CT molecular complexity index is 743. The molecule has 0 saturated carbocycles. The molecule has 1 heterocycles. The highest BCUT2D eigenvalue weighted by molar-refractivity contribution is 7.90. The lowest BCUT2D eigenvalue weighted by atomic mass is 10.0. The van der Waals surface area contributed by atoms with Crippen LogP contribution >= 0.6 is 0 Å². The molecule has 6 heteroatoms. The second-order valence-electron chi connectivity index (χ2n) is 7.06. The molecule has 0 spiro atoms. The molecule has 1 atom stereocenters. The van der Waals surface area contributed by atoms with Crippen LogP contribution in [0.4, 0.5) is 0 Å². The Morgan fingerprint density at radius 1 is 1.14 bits per heavy atom. The zero-order valence-corrected chi connectivity index (χ0v) is 15.3.